The number of hydrogen-bond acceptors (Lipinski definition) is 5. The quantitative estimate of drug-likeness (QED) is 0.780. The molecule has 1 aliphatic rings. The van der Waals surface area contributed by atoms with Gasteiger partial charge in [0.1, 0.15) is 11.9 Å². The molecule has 0 amide bonds. The van der Waals surface area contributed by atoms with E-state index in [9.17, 15) is 5.26 Å². The molecule has 6 heteroatoms. The summed E-state index contributed by atoms with van der Waals surface area (Å²) >= 11 is 0. The smallest absolute Gasteiger partial charge is 0.128 e. The van der Waals surface area contributed by atoms with Crippen molar-refractivity contribution in [3.8, 4) is 17.2 Å². The average Bonchev–Trinajstić information content (AvgIpc) is 3.06. The van der Waals surface area contributed by atoms with Gasteiger partial charge < -0.3 is 10.2 Å². The molecule has 0 aromatic carbocycles. The summed E-state index contributed by atoms with van der Waals surface area (Å²) in [5.41, 5.74) is 3.37. The van der Waals surface area contributed by atoms with Gasteiger partial charge in [0.2, 0.25) is 0 Å². The summed E-state index contributed by atoms with van der Waals surface area (Å²) in [5.74, 6) is 0.996. The number of anilines is 1. The Bertz CT molecular complexity index is 868. The lowest BCUT2D eigenvalue weighted by Crippen LogP contribution is -2.43. The predicted molar refractivity (Wildman–Crippen MR) is 88.2 cm³/mol. The van der Waals surface area contributed by atoms with Crippen molar-refractivity contribution in [2.45, 2.75) is 0 Å². The molecule has 0 radical (unpaired) electrons. The molecular formula is C17H16N6. The molecule has 3 aromatic rings. The van der Waals surface area contributed by atoms with Crippen LogP contribution >= 0.6 is 0 Å². The molecule has 0 spiro atoms. The van der Waals surface area contributed by atoms with Crippen molar-refractivity contribution in [1.82, 2.24) is 19.9 Å². The Labute approximate surface area is 134 Å². The molecule has 0 aliphatic carbocycles. The van der Waals surface area contributed by atoms with Gasteiger partial charge in [-0.15, -0.1) is 0 Å². The monoisotopic (exact) mass is 304 g/mol. The second-order valence-electron chi connectivity index (χ2n) is 5.53. The third-order valence-corrected chi connectivity index (χ3v) is 4.16. The molecule has 114 valence electrons. The van der Waals surface area contributed by atoms with E-state index in [1.807, 2.05) is 30.6 Å². The van der Waals surface area contributed by atoms with Crippen LogP contribution in [0.1, 0.15) is 5.56 Å². The lowest BCUT2D eigenvalue weighted by molar-refractivity contribution is 0.585. The number of nitrogens with zero attached hydrogens (tertiary/aromatic N) is 5. The van der Waals surface area contributed by atoms with E-state index in [4.69, 9.17) is 0 Å². The zero-order chi connectivity index (χ0) is 15.6. The number of nitrogens with one attached hydrogen (secondary N) is 1. The third kappa shape index (κ3) is 2.41. The molecule has 0 atom stereocenters. The zero-order valence-electron chi connectivity index (χ0n) is 12.6. The first-order valence-corrected chi connectivity index (χ1v) is 7.65. The zero-order valence-corrected chi connectivity index (χ0v) is 12.6. The molecule has 4 rings (SSSR count). The first kappa shape index (κ1) is 13.7. The van der Waals surface area contributed by atoms with Crippen LogP contribution in [0.25, 0.3) is 16.6 Å². The molecule has 1 saturated heterocycles. The minimum absolute atomic E-state index is 0.576. The molecule has 23 heavy (non-hydrogen) atoms. The van der Waals surface area contributed by atoms with Crippen molar-refractivity contribution in [3.63, 3.8) is 0 Å². The summed E-state index contributed by atoms with van der Waals surface area (Å²) in [6.45, 7) is 3.93. The molecular weight excluding hydrogens is 288 g/mol. The lowest BCUT2D eigenvalue weighted by atomic mass is 10.1. The maximum Gasteiger partial charge on any atom is 0.128 e. The van der Waals surface area contributed by atoms with Crippen LogP contribution in [-0.2, 0) is 0 Å². The van der Waals surface area contributed by atoms with Gasteiger partial charge in [-0.1, -0.05) is 6.07 Å². The molecule has 0 bridgehead atoms. The van der Waals surface area contributed by atoms with Gasteiger partial charge in [-0.2, -0.15) is 10.4 Å². The van der Waals surface area contributed by atoms with Crippen LogP contribution in [0.15, 0.2) is 42.9 Å². The summed E-state index contributed by atoms with van der Waals surface area (Å²) in [5, 5.41) is 16.8. The van der Waals surface area contributed by atoms with Crippen LogP contribution in [0, 0.1) is 11.3 Å². The van der Waals surface area contributed by atoms with Crippen LogP contribution in [-0.4, -0.2) is 40.8 Å². The summed E-state index contributed by atoms with van der Waals surface area (Å²) in [6.07, 6.45) is 5.32. The largest absolute Gasteiger partial charge is 0.354 e. The molecule has 1 fully saturated rings. The van der Waals surface area contributed by atoms with E-state index >= 15 is 0 Å². The Hall–Kier alpha value is -2.91. The Balaban J connectivity index is 1.74. The highest BCUT2D eigenvalue weighted by molar-refractivity contribution is 5.84. The Morgan fingerprint density at radius 3 is 2.74 bits per heavy atom. The van der Waals surface area contributed by atoms with Crippen LogP contribution in [0.4, 0.5) is 5.82 Å². The number of pyridine rings is 2. The van der Waals surface area contributed by atoms with Gasteiger partial charge in [0.25, 0.3) is 0 Å². The Morgan fingerprint density at radius 2 is 2.00 bits per heavy atom. The number of aromatic nitrogens is 3. The van der Waals surface area contributed by atoms with Crippen LogP contribution in [0.2, 0.25) is 0 Å². The Kier molecular flexibility index (Phi) is 3.41. The van der Waals surface area contributed by atoms with Gasteiger partial charge in [-0.3, -0.25) is 0 Å². The summed E-state index contributed by atoms with van der Waals surface area (Å²) in [6, 6.07) is 10.2. The highest BCUT2D eigenvalue weighted by Gasteiger charge is 2.13. The van der Waals surface area contributed by atoms with Crippen molar-refractivity contribution in [3.05, 3.63) is 48.4 Å². The van der Waals surface area contributed by atoms with E-state index in [0.29, 0.717) is 5.56 Å². The van der Waals surface area contributed by atoms with Crippen LogP contribution in [0.5, 0.6) is 0 Å². The predicted octanol–water partition coefficient (Wildman–Crippen LogP) is 1.68. The highest BCUT2D eigenvalue weighted by Crippen LogP contribution is 2.27. The number of hydrogen-bond donors (Lipinski definition) is 1. The Morgan fingerprint density at radius 1 is 1.13 bits per heavy atom. The maximum absolute atomic E-state index is 9.28. The fourth-order valence-corrected chi connectivity index (χ4v) is 2.98. The fourth-order valence-electron chi connectivity index (χ4n) is 2.98. The van der Waals surface area contributed by atoms with Gasteiger partial charge in [0.15, 0.2) is 0 Å². The SMILES string of the molecule is N#Cc1cnn2cccc(-c3ccc(N4CCNCC4)nc3)c12. The van der Waals surface area contributed by atoms with E-state index in [2.05, 4.69) is 32.4 Å². The van der Waals surface area contributed by atoms with Crippen molar-refractivity contribution < 1.29 is 0 Å². The standard InChI is InChI=1S/C17H16N6/c18-10-14-12-21-23-7-1-2-15(17(14)23)13-3-4-16(20-11-13)22-8-5-19-6-9-22/h1-4,7,11-12,19H,5-6,8-9H2. The summed E-state index contributed by atoms with van der Waals surface area (Å²) in [4.78, 5) is 6.89. The van der Waals surface area contributed by atoms with E-state index in [1.165, 1.54) is 0 Å². The molecule has 6 nitrogen and oxygen atoms in total. The van der Waals surface area contributed by atoms with Gasteiger partial charge >= 0.3 is 0 Å². The maximum atomic E-state index is 9.28. The lowest BCUT2D eigenvalue weighted by Gasteiger charge is -2.28. The first-order chi connectivity index (χ1) is 11.4. The van der Waals surface area contributed by atoms with Gasteiger partial charge in [0, 0.05) is 49.7 Å². The normalized spacial score (nSPS) is 14.8. The molecule has 1 N–H and O–H groups in total. The molecule has 1 aliphatic heterocycles. The van der Waals surface area contributed by atoms with Crippen molar-refractivity contribution >= 4 is 11.3 Å². The van der Waals surface area contributed by atoms with Gasteiger partial charge in [-0.05, 0) is 18.2 Å². The summed E-state index contributed by atoms with van der Waals surface area (Å²) < 4.78 is 1.73. The van der Waals surface area contributed by atoms with E-state index in [0.717, 1.165) is 48.6 Å². The fraction of sp³-hybridized carbons (Fsp3) is 0.235. The minimum atomic E-state index is 0.576. The third-order valence-electron chi connectivity index (χ3n) is 4.16. The average molecular weight is 304 g/mol. The molecule has 0 unspecified atom stereocenters. The van der Waals surface area contributed by atoms with Crippen molar-refractivity contribution in [2.24, 2.45) is 0 Å². The van der Waals surface area contributed by atoms with Gasteiger partial charge in [0.05, 0.1) is 17.3 Å². The topological polar surface area (TPSA) is 69.2 Å². The van der Waals surface area contributed by atoms with E-state index < -0.39 is 0 Å². The van der Waals surface area contributed by atoms with Gasteiger partial charge in [-0.25, -0.2) is 9.50 Å². The molecule has 3 aromatic heterocycles. The minimum Gasteiger partial charge on any atom is -0.354 e. The van der Waals surface area contributed by atoms with E-state index in [1.54, 1.807) is 10.7 Å². The van der Waals surface area contributed by atoms with Crippen molar-refractivity contribution in [1.29, 1.82) is 5.26 Å². The van der Waals surface area contributed by atoms with Crippen molar-refractivity contribution in [2.75, 3.05) is 31.1 Å². The molecule has 0 saturated carbocycles. The number of fused-ring (bicyclic) bond motifs is 1. The number of piperazine rings is 1. The second kappa shape index (κ2) is 5.71. The van der Waals surface area contributed by atoms with Crippen LogP contribution < -0.4 is 10.2 Å². The number of nitriles is 1. The molecule has 4 heterocycles. The van der Waals surface area contributed by atoms with Crippen LogP contribution in [0.3, 0.4) is 0 Å². The second-order valence-corrected chi connectivity index (χ2v) is 5.53. The number of rotatable bonds is 2. The summed E-state index contributed by atoms with van der Waals surface area (Å²) in [7, 11) is 0. The first-order valence-electron chi connectivity index (χ1n) is 7.65. The van der Waals surface area contributed by atoms with E-state index in [-0.39, 0.29) is 0 Å². The highest BCUT2D eigenvalue weighted by atomic mass is 15.2.